The number of rotatable bonds is 6. The second kappa shape index (κ2) is 6.87. The smallest absolute Gasteiger partial charge is 0.304 e. The first kappa shape index (κ1) is 14.3. The predicted molar refractivity (Wildman–Crippen MR) is 79.8 cm³/mol. The number of hydrogen-bond donors (Lipinski definition) is 2. The van der Waals surface area contributed by atoms with Crippen LogP contribution in [-0.2, 0) is 4.79 Å². The molecule has 1 unspecified atom stereocenters. The highest BCUT2D eigenvalue weighted by molar-refractivity contribution is 5.68. The highest BCUT2D eigenvalue weighted by atomic mass is 16.4. The van der Waals surface area contributed by atoms with Crippen molar-refractivity contribution in [3.63, 3.8) is 0 Å². The van der Waals surface area contributed by atoms with Gasteiger partial charge in [-0.05, 0) is 18.2 Å². The number of hydrogen-bond acceptors (Lipinski definition) is 2. The van der Waals surface area contributed by atoms with Gasteiger partial charge >= 0.3 is 5.97 Å². The van der Waals surface area contributed by atoms with Crippen molar-refractivity contribution in [2.24, 2.45) is 0 Å². The Morgan fingerprint density at radius 2 is 1.45 bits per heavy atom. The average Bonchev–Trinajstić information content (AvgIpc) is 2.48. The van der Waals surface area contributed by atoms with Gasteiger partial charge in [0.25, 0.3) is 0 Å². The van der Waals surface area contributed by atoms with Gasteiger partial charge in [0.1, 0.15) is 0 Å². The third-order valence-electron chi connectivity index (χ3n) is 3.49. The summed E-state index contributed by atoms with van der Waals surface area (Å²) in [6.45, 7) is 0. The molecule has 2 aromatic rings. The second-order valence-electron chi connectivity index (χ2n) is 4.79. The summed E-state index contributed by atoms with van der Waals surface area (Å²) < 4.78 is 0. The number of carboxylic acids is 1. The molecule has 0 aliphatic carbocycles. The number of aliphatic carboxylic acids is 1. The van der Waals surface area contributed by atoms with E-state index in [0.717, 1.165) is 11.1 Å². The molecule has 0 radical (unpaired) electrons. The molecule has 0 spiro atoms. The Morgan fingerprint density at radius 1 is 1.00 bits per heavy atom. The third-order valence-corrected chi connectivity index (χ3v) is 3.49. The van der Waals surface area contributed by atoms with Crippen LogP contribution >= 0.6 is 0 Å². The first-order chi connectivity index (χ1) is 9.72. The van der Waals surface area contributed by atoms with Crippen LogP contribution in [0, 0.1) is 0 Å². The van der Waals surface area contributed by atoms with Gasteiger partial charge in [0.2, 0.25) is 0 Å². The summed E-state index contributed by atoms with van der Waals surface area (Å²) >= 11 is 0. The number of carboxylic acid groups (broad SMARTS) is 1. The minimum atomic E-state index is -0.791. The van der Waals surface area contributed by atoms with E-state index in [1.165, 1.54) is 0 Å². The van der Waals surface area contributed by atoms with Gasteiger partial charge in [-0.25, -0.2) is 0 Å². The topological polar surface area (TPSA) is 49.3 Å². The summed E-state index contributed by atoms with van der Waals surface area (Å²) in [5, 5.41) is 12.3. The van der Waals surface area contributed by atoms with Crippen molar-refractivity contribution in [2.45, 2.75) is 18.4 Å². The number of benzene rings is 2. The first-order valence-electron chi connectivity index (χ1n) is 6.71. The van der Waals surface area contributed by atoms with Gasteiger partial charge in [-0.2, -0.15) is 0 Å². The average molecular weight is 269 g/mol. The third kappa shape index (κ3) is 3.45. The summed E-state index contributed by atoms with van der Waals surface area (Å²) in [7, 11) is 1.81. The summed E-state index contributed by atoms with van der Waals surface area (Å²) in [6.07, 6.45) is 0.0882. The summed E-state index contributed by atoms with van der Waals surface area (Å²) in [6, 6.07) is 19.9. The molecule has 2 N–H and O–H groups in total. The molecule has 2 aromatic carbocycles. The molecule has 20 heavy (non-hydrogen) atoms. The Hall–Kier alpha value is -2.13. The lowest BCUT2D eigenvalue weighted by molar-refractivity contribution is -0.137. The molecule has 3 heteroatoms. The number of likely N-dealkylation sites (N-methyl/N-ethyl adjacent to an activating group) is 1. The van der Waals surface area contributed by atoms with Crippen LogP contribution in [0.3, 0.4) is 0 Å². The zero-order valence-electron chi connectivity index (χ0n) is 11.5. The second-order valence-corrected chi connectivity index (χ2v) is 4.79. The Labute approximate surface area is 119 Å². The summed E-state index contributed by atoms with van der Waals surface area (Å²) in [5.41, 5.74) is 2.25. The van der Waals surface area contributed by atoms with E-state index in [0.29, 0.717) is 0 Å². The molecule has 0 heterocycles. The maximum atomic E-state index is 11.1. The Kier molecular flexibility index (Phi) is 4.91. The van der Waals surface area contributed by atoms with E-state index < -0.39 is 5.97 Å². The largest absolute Gasteiger partial charge is 0.481 e. The molecule has 0 amide bonds. The van der Waals surface area contributed by atoms with Crippen molar-refractivity contribution in [1.82, 2.24) is 5.32 Å². The lowest BCUT2D eigenvalue weighted by Crippen LogP contribution is -2.35. The Bertz CT molecular complexity index is 500. The Balaban J connectivity index is 2.41. The molecule has 0 bridgehead atoms. The van der Waals surface area contributed by atoms with Crippen molar-refractivity contribution < 1.29 is 9.90 Å². The van der Waals surface area contributed by atoms with E-state index in [-0.39, 0.29) is 18.4 Å². The SMILES string of the molecule is CNC(CC(=O)O)C(c1ccccc1)c1ccccc1. The van der Waals surface area contributed by atoms with E-state index in [1.807, 2.05) is 67.7 Å². The van der Waals surface area contributed by atoms with E-state index in [9.17, 15) is 4.79 Å². The van der Waals surface area contributed by atoms with Crippen molar-refractivity contribution in [3.05, 3.63) is 71.8 Å². The van der Waals surface area contributed by atoms with Gasteiger partial charge in [-0.1, -0.05) is 60.7 Å². The number of carbonyl (C=O) groups is 1. The van der Waals surface area contributed by atoms with Gasteiger partial charge in [0, 0.05) is 12.0 Å². The van der Waals surface area contributed by atoms with Crippen molar-refractivity contribution in [1.29, 1.82) is 0 Å². The molecule has 2 rings (SSSR count). The molecular weight excluding hydrogens is 250 g/mol. The van der Waals surface area contributed by atoms with E-state index in [4.69, 9.17) is 5.11 Å². The standard InChI is InChI=1S/C17H19NO2/c1-18-15(12-16(19)20)17(13-8-4-2-5-9-13)14-10-6-3-7-11-14/h2-11,15,17-18H,12H2,1H3,(H,19,20). The van der Waals surface area contributed by atoms with Gasteiger partial charge in [-0.15, -0.1) is 0 Å². The van der Waals surface area contributed by atoms with Gasteiger partial charge in [0.05, 0.1) is 6.42 Å². The zero-order chi connectivity index (χ0) is 14.4. The van der Waals surface area contributed by atoms with Crippen LogP contribution in [0.2, 0.25) is 0 Å². The van der Waals surface area contributed by atoms with Crippen LogP contribution < -0.4 is 5.32 Å². The quantitative estimate of drug-likeness (QED) is 0.847. The van der Waals surface area contributed by atoms with Gasteiger partial charge in [-0.3, -0.25) is 4.79 Å². The maximum Gasteiger partial charge on any atom is 0.304 e. The molecule has 0 fully saturated rings. The van der Waals surface area contributed by atoms with Crippen molar-refractivity contribution in [3.8, 4) is 0 Å². The summed E-state index contributed by atoms with van der Waals surface area (Å²) in [5.74, 6) is -0.764. The molecule has 0 saturated heterocycles. The molecule has 1 atom stereocenters. The molecule has 0 aliphatic rings. The van der Waals surface area contributed by atoms with Crippen molar-refractivity contribution >= 4 is 5.97 Å². The molecule has 104 valence electrons. The van der Waals surface area contributed by atoms with Gasteiger partial charge in [0.15, 0.2) is 0 Å². The number of nitrogens with one attached hydrogen (secondary N) is 1. The fraction of sp³-hybridized carbons (Fsp3) is 0.235. The van der Waals surface area contributed by atoms with Crippen LogP contribution in [0.4, 0.5) is 0 Å². The Morgan fingerprint density at radius 3 is 1.80 bits per heavy atom. The molecule has 0 aliphatic heterocycles. The fourth-order valence-corrected chi connectivity index (χ4v) is 2.55. The normalized spacial score (nSPS) is 12.3. The highest BCUT2D eigenvalue weighted by Gasteiger charge is 2.25. The van der Waals surface area contributed by atoms with E-state index in [2.05, 4.69) is 5.32 Å². The van der Waals surface area contributed by atoms with Crippen LogP contribution in [0.5, 0.6) is 0 Å². The molecular formula is C17H19NO2. The fourth-order valence-electron chi connectivity index (χ4n) is 2.55. The molecule has 3 nitrogen and oxygen atoms in total. The van der Waals surface area contributed by atoms with Crippen LogP contribution in [-0.4, -0.2) is 24.2 Å². The first-order valence-corrected chi connectivity index (χ1v) is 6.71. The predicted octanol–water partition coefficient (Wildman–Crippen LogP) is 2.88. The van der Waals surface area contributed by atoms with E-state index in [1.54, 1.807) is 0 Å². The molecule has 0 aromatic heterocycles. The van der Waals surface area contributed by atoms with Crippen molar-refractivity contribution in [2.75, 3.05) is 7.05 Å². The van der Waals surface area contributed by atoms with Crippen LogP contribution in [0.25, 0.3) is 0 Å². The van der Waals surface area contributed by atoms with Gasteiger partial charge < -0.3 is 10.4 Å². The van der Waals surface area contributed by atoms with Crippen LogP contribution in [0.1, 0.15) is 23.5 Å². The monoisotopic (exact) mass is 269 g/mol. The summed E-state index contributed by atoms with van der Waals surface area (Å²) in [4.78, 5) is 11.1. The highest BCUT2D eigenvalue weighted by Crippen LogP contribution is 2.29. The minimum Gasteiger partial charge on any atom is -0.481 e. The van der Waals surface area contributed by atoms with E-state index >= 15 is 0 Å². The zero-order valence-corrected chi connectivity index (χ0v) is 11.5. The lowest BCUT2D eigenvalue weighted by Gasteiger charge is -2.26. The minimum absolute atomic E-state index is 0.0264. The maximum absolute atomic E-state index is 11.1. The molecule has 0 saturated carbocycles. The lowest BCUT2D eigenvalue weighted by atomic mass is 9.83. The van der Waals surface area contributed by atoms with Crippen LogP contribution in [0.15, 0.2) is 60.7 Å².